The number of rotatable bonds is 49. The fourth-order valence-electron chi connectivity index (χ4n) is 14.0. The number of Topliss-reactive ketones (excluding diaryl/α,β-unsaturated/α-hetero) is 4. The van der Waals surface area contributed by atoms with E-state index in [-0.39, 0.29) is 231 Å². The van der Waals surface area contributed by atoms with Gasteiger partial charge in [-0.15, -0.1) is 10.1 Å². The molecule has 0 radical (unpaired) electrons. The summed E-state index contributed by atoms with van der Waals surface area (Å²) in [6.07, 6.45) is 9.50. The number of imide groups is 2. The van der Waals surface area contributed by atoms with Gasteiger partial charge in [0.05, 0.1) is 138 Å². The number of hydroxylamine groups is 4. The van der Waals surface area contributed by atoms with Crippen LogP contribution in [0.5, 0.6) is 11.5 Å². The number of ether oxygens (including phenoxy) is 10. The van der Waals surface area contributed by atoms with Gasteiger partial charge in [0.25, 0.3) is 23.6 Å². The van der Waals surface area contributed by atoms with E-state index in [2.05, 4.69) is 35.6 Å². The van der Waals surface area contributed by atoms with Gasteiger partial charge in [0.15, 0.2) is 11.6 Å². The van der Waals surface area contributed by atoms with Gasteiger partial charge in [-0.3, -0.25) is 67.1 Å². The Kier molecular flexibility index (Phi) is 52.2. The van der Waals surface area contributed by atoms with Crippen molar-refractivity contribution < 1.29 is 186 Å². The lowest BCUT2D eigenvalue weighted by Crippen LogP contribution is -2.37. The average molecular weight is 1920 g/mol. The molecule has 2 saturated heterocycles. The summed E-state index contributed by atoms with van der Waals surface area (Å²) in [6.45, 7) is 9.69. The molecule has 4 saturated carbocycles. The summed E-state index contributed by atoms with van der Waals surface area (Å²) in [5.74, 6) is -28.4. The Morgan fingerprint density at radius 3 is 0.826 bits per heavy atom. The predicted molar refractivity (Wildman–Crippen MR) is 435 cm³/mol. The third-order valence-corrected chi connectivity index (χ3v) is 22.7. The molecule has 2 heterocycles. The molecule has 37 nitrogen and oxygen atoms in total. The van der Waals surface area contributed by atoms with Gasteiger partial charge in [0, 0.05) is 99.9 Å². The Balaban J connectivity index is 0.000000368. The zero-order chi connectivity index (χ0) is 96.9. The first-order valence-electron chi connectivity index (χ1n) is 42.8. The molecule has 2 aromatic rings. The van der Waals surface area contributed by atoms with Crippen molar-refractivity contribution >= 4 is 104 Å². The molecule has 4 N–H and O–H groups in total. The monoisotopic (exact) mass is 1920 g/mol. The van der Waals surface area contributed by atoms with Crippen molar-refractivity contribution in [3.63, 3.8) is 0 Å². The Morgan fingerprint density at radius 1 is 0.333 bits per heavy atom. The zero-order valence-corrected chi connectivity index (χ0v) is 74.9. The first kappa shape index (κ1) is 114. The molecule has 8 rings (SSSR count). The average Bonchev–Trinajstić information content (AvgIpc) is 1.60. The van der Waals surface area contributed by atoms with Gasteiger partial charge in [-0.1, -0.05) is 0 Å². The molecule has 1 unspecified atom stereocenters. The molecule has 8 amide bonds. The highest BCUT2D eigenvalue weighted by atomic mass is 32.2. The highest BCUT2D eigenvalue weighted by molar-refractivity contribution is 7.87. The number of esters is 2. The van der Waals surface area contributed by atoms with Crippen LogP contribution in [0.4, 0.5) is 39.5 Å². The van der Waals surface area contributed by atoms with Crippen LogP contribution in [-0.2, 0) is 134 Å². The Bertz CT molecular complexity index is 4260. The van der Waals surface area contributed by atoms with Crippen LogP contribution in [-0.4, -0.2) is 255 Å². The Hall–Kier alpha value is -10.0. The van der Waals surface area contributed by atoms with E-state index in [4.69, 9.17) is 42.7 Å². The summed E-state index contributed by atoms with van der Waals surface area (Å²) < 4.78 is 202. The maximum Gasteiger partial charge on any atom is 0.335 e. The number of ketones is 4. The van der Waals surface area contributed by atoms with Crippen LogP contribution >= 0.6 is 0 Å². The van der Waals surface area contributed by atoms with Gasteiger partial charge < -0.3 is 82.9 Å². The molecular formula is C85H115F9N6O31S. The molecule has 2 aliphatic heterocycles. The van der Waals surface area contributed by atoms with Crippen LogP contribution in [0.25, 0.3) is 0 Å². The third-order valence-electron chi connectivity index (χ3n) is 21.6. The first-order valence-corrected chi connectivity index (χ1v) is 44.3. The summed E-state index contributed by atoms with van der Waals surface area (Å²) in [7, 11) is -5.03. The number of nitrogens with one attached hydrogen (secondary N) is 4. The third kappa shape index (κ3) is 40.4. The predicted octanol–water partition coefficient (Wildman–Crippen LogP) is 6.34. The van der Waals surface area contributed by atoms with E-state index >= 15 is 0 Å². The summed E-state index contributed by atoms with van der Waals surface area (Å²) in [5.41, 5.74) is 0. The second-order valence-electron chi connectivity index (χ2n) is 31.1. The maximum atomic E-state index is 13.5. The number of carbonyl (C=O) groups is 16. The van der Waals surface area contributed by atoms with Crippen LogP contribution in [0.1, 0.15) is 175 Å². The molecule has 0 spiro atoms. The van der Waals surface area contributed by atoms with Crippen LogP contribution in [0.15, 0.2) is 6.07 Å². The number of hydrogen-bond acceptors (Lipinski definition) is 31. The summed E-state index contributed by atoms with van der Waals surface area (Å²) >= 11 is 0. The van der Waals surface area contributed by atoms with E-state index in [0.717, 1.165) is 64.2 Å². The second-order valence-corrected chi connectivity index (χ2v) is 32.6. The summed E-state index contributed by atoms with van der Waals surface area (Å²) in [6, 6.07) is 0.0112. The van der Waals surface area contributed by atoms with Crippen molar-refractivity contribution in [1.82, 2.24) is 31.4 Å². The molecule has 47 heteroatoms. The number of nitrogens with zero attached hydrogens (tertiary/aromatic N) is 2. The van der Waals surface area contributed by atoms with Crippen LogP contribution in [0.3, 0.4) is 0 Å². The zero-order valence-electron chi connectivity index (χ0n) is 74.0. The van der Waals surface area contributed by atoms with Gasteiger partial charge >= 0.3 is 23.9 Å². The molecule has 4 aliphatic carbocycles. The molecule has 0 bridgehead atoms. The number of amides is 8. The number of hydrogen-bond donors (Lipinski definition) is 4. The first-order chi connectivity index (χ1) is 62.2. The van der Waals surface area contributed by atoms with Gasteiger partial charge in [0.1, 0.15) is 38.5 Å². The minimum Gasteiger partial charge on any atom is -0.747 e. The second kappa shape index (κ2) is 60.3. The molecule has 2 aromatic carbocycles. The SMILES string of the molecule is CC(=O)C1CCC(C(=O)NCCOCCOCCC(=O)ON2C(=O)CC(S(=O)(=O)[O-])C2=O)CC1.CC(=O)C1CCC(C(=O)NCCOCCOCCC(=O)ON2C(=O)CCC2=O)CC1.CC(=O)C1CCC(C(=O)NCCOCCOCCC(=O)Oc2c(F)c(F)c(F)c(F)c2F)CC1.CC(=O)C1CCC(C(=O)NCCOCCOCCC(=O)Oc2c(F)c(F)cc(F)c2F)CC1.[CH3+]. The standard InChI is InChI=1S/C22H26F5NO6.C22H27F4NO6.C20H30N2O11S.C20H30N2O8.CH3/c1-12(29)13-2-4-14(5-3-13)22(31)28-7-9-33-11-10-32-8-6-15(30)34-21-19(26)17(24)16(23)18(25)20(21)27;1-13(28)14-2-4-15(5-3-14)22(30)27-7-9-32-11-10-31-8-6-18(29)33-21-19(25)16(23)12-17(24)20(21)26;1-13(23)14-2-4-15(5-3-14)19(26)21-7-9-32-11-10-31-8-6-18(25)33-22-17(24)12-16(20(22)27)34(28,29)30;1-14(23)15-2-4-16(5-3-15)20(27)21-9-11-29-13-12-28-10-8-19(26)30-22-17(24)6-7-18(22)25;/h13-14H,2-11H2,1H3,(H,28,31);12,14-15H,2-11H2,1H3,(H,27,30);14-16H,2-12H2,1H3,(H,21,26)(H,28,29,30);15-16H,2-13H2,1H3,(H,21,27);1H3/q;;;;+1/p-1. The highest BCUT2D eigenvalue weighted by Crippen LogP contribution is 2.35. The summed E-state index contributed by atoms with van der Waals surface area (Å²) in [5, 5.41) is 9.61. The van der Waals surface area contributed by atoms with E-state index < -0.39 is 146 Å². The fraction of sp³-hybridized carbons (Fsp3) is 0.659. The van der Waals surface area contributed by atoms with E-state index in [9.17, 15) is 129 Å². The molecular weight excluding hydrogens is 1800 g/mol. The van der Waals surface area contributed by atoms with Crippen molar-refractivity contribution in [3.05, 3.63) is 65.8 Å². The van der Waals surface area contributed by atoms with Gasteiger partial charge in [-0.2, -0.15) is 17.6 Å². The quantitative estimate of drug-likeness (QED) is 0.00646. The van der Waals surface area contributed by atoms with Crippen molar-refractivity contribution in [3.8, 4) is 11.5 Å². The highest BCUT2D eigenvalue weighted by Gasteiger charge is 2.46. The van der Waals surface area contributed by atoms with Gasteiger partial charge in [-0.25, -0.2) is 40.0 Å². The van der Waals surface area contributed by atoms with Gasteiger partial charge in [0.2, 0.25) is 75.8 Å². The lowest BCUT2D eigenvalue weighted by molar-refractivity contribution is -0.198. The van der Waals surface area contributed by atoms with E-state index in [1.807, 2.05) is 0 Å². The van der Waals surface area contributed by atoms with E-state index in [1.165, 1.54) is 0 Å². The van der Waals surface area contributed by atoms with Crippen molar-refractivity contribution in [1.29, 1.82) is 0 Å². The molecule has 740 valence electrons. The minimum absolute atomic E-state index is 0. The molecule has 1 atom stereocenters. The minimum atomic E-state index is -5.03. The van der Waals surface area contributed by atoms with E-state index in [0.29, 0.717) is 83.0 Å². The smallest absolute Gasteiger partial charge is 0.335 e. The van der Waals surface area contributed by atoms with Crippen molar-refractivity contribution in [2.75, 3.05) is 132 Å². The number of carbonyl (C=O) groups excluding carboxylic acids is 16. The molecule has 0 aromatic heterocycles. The molecule has 132 heavy (non-hydrogen) atoms. The topological polar surface area (TPSA) is 496 Å². The molecule has 6 aliphatic rings. The normalized spacial score (nSPS) is 20.0. The lowest BCUT2D eigenvalue weighted by Gasteiger charge is -2.26. The van der Waals surface area contributed by atoms with Crippen LogP contribution < -0.4 is 30.7 Å². The number of benzene rings is 2. The van der Waals surface area contributed by atoms with Crippen molar-refractivity contribution in [2.24, 2.45) is 47.3 Å². The Labute approximate surface area is 756 Å². The maximum absolute atomic E-state index is 13.5. The van der Waals surface area contributed by atoms with Crippen LogP contribution in [0.2, 0.25) is 0 Å². The molecule has 6 fully saturated rings. The van der Waals surface area contributed by atoms with Crippen LogP contribution in [0, 0.1) is 107 Å². The van der Waals surface area contributed by atoms with Gasteiger partial charge in [-0.05, 0) is 130 Å². The van der Waals surface area contributed by atoms with E-state index in [1.54, 1.807) is 27.7 Å². The lowest BCUT2D eigenvalue weighted by atomic mass is 9.80. The fourth-order valence-corrected chi connectivity index (χ4v) is 14.7. The summed E-state index contributed by atoms with van der Waals surface area (Å²) in [4.78, 5) is 196. The largest absolute Gasteiger partial charge is 0.747 e. The number of halogens is 9. The Morgan fingerprint density at radius 2 is 0.568 bits per heavy atom. The van der Waals surface area contributed by atoms with Crippen molar-refractivity contribution in [2.45, 2.75) is 181 Å².